The third-order valence-electron chi connectivity index (χ3n) is 2.21. The van der Waals surface area contributed by atoms with Crippen LogP contribution in [-0.2, 0) is 14.3 Å². The number of ether oxygens (including phenoxy) is 1. The number of carbonyl (C=O) groups excluding carboxylic acids is 1. The van der Waals surface area contributed by atoms with Crippen LogP contribution >= 0.6 is 0 Å². The molecule has 0 radical (unpaired) electrons. The fraction of sp³-hybridized carbons (Fsp3) is 0.333. The molecule has 92 valence electrons. The molecule has 1 atom stereocenters. The van der Waals surface area contributed by atoms with Gasteiger partial charge in [-0.25, -0.2) is 0 Å². The largest absolute Gasteiger partial charge is 0.481 e. The van der Waals surface area contributed by atoms with Crippen LogP contribution in [0.4, 0.5) is 0 Å². The summed E-state index contributed by atoms with van der Waals surface area (Å²) in [6.07, 6.45) is -0.804. The standard InChI is InChI=1S/C12H15NO4/c1-17-11(9-5-3-2-4-6-9)12(16)13-8-7-10(14)15/h2-6,11H,7-8H2,1H3,(H,13,16)(H,14,15)/t11-/m1/s1. The Kier molecular flexibility index (Phi) is 5.16. The minimum Gasteiger partial charge on any atom is -0.481 e. The second-order valence-corrected chi connectivity index (χ2v) is 3.46. The molecule has 0 aliphatic rings. The lowest BCUT2D eigenvalue weighted by Gasteiger charge is -2.15. The molecule has 17 heavy (non-hydrogen) atoms. The Labute approximate surface area is 99.4 Å². The molecule has 1 aromatic carbocycles. The predicted molar refractivity (Wildman–Crippen MR) is 61.5 cm³/mol. The van der Waals surface area contributed by atoms with Crippen LogP contribution in [0.15, 0.2) is 30.3 Å². The van der Waals surface area contributed by atoms with Gasteiger partial charge in [0.25, 0.3) is 5.91 Å². The van der Waals surface area contributed by atoms with Crippen molar-refractivity contribution in [2.24, 2.45) is 0 Å². The highest BCUT2D eigenvalue weighted by Crippen LogP contribution is 2.15. The average Bonchev–Trinajstić information content (AvgIpc) is 2.31. The number of hydrogen-bond acceptors (Lipinski definition) is 3. The molecule has 0 heterocycles. The zero-order valence-corrected chi connectivity index (χ0v) is 9.55. The number of rotatable bonds is 6. The van der Waals surface area contributed by atoms with Crippen LogP contribution in [0.3, 0.4) is 0 Å². The van der Waals surface area contributed by atoms with Crippen molar-refractivity contribution in [3.63, 3.8) is 0 Å². The van der Waals surface area contributed by atoms with Crippen molar-refractivity contribution in [1.29, 1.82) is 0 Å². The Hall–Kier alpha value is -1.88. The zero-order chi connectivity index (χ0) is 12.7. The average molecular weight is 237 g/mol. The van der Waals surface area contributed by atoms with Crippen molar-refractivity contribution >= 4 is 11.9 Å². The predicted octanol–water partition coefficient (Wildman–Crippen LogP) is 0.965. The quantitative estimate of drug-likeness (QED) is 0.772. The molecular weight excluding hydrogens is 222 g/mol. The van der Waals surface area contributed by atoms with Gasteiger partial charge in [-0.15, -0.1) is 0 Å². The van der Waals surface area contributed by atoms with Gasteiger partial charge in [-0.1, -0.05) is 30.3 Å². The summed E-state index contributed by atoms with van der Waals surface area (Å²) in [5.41, 5.74) is 0.739. The van der Waals surface area contributed by atoms with E-state index in [1.54, 1.807) is 12.1 Å². The van der Waals surface area contributed by atoms with Crippen molar-refractivity contribution in [1.82, 2.24) is 5.32 Å². The monoisotopic (exact) mass is 237 g/mol. The highest BCUT2D eigenvalue weighted by Gasteiger charge is 2.19. The van der Waals surface area contributed by atoms with Gasteiger partial charge in [0.15, 0.2) is 6.10 Å². The van der Waals surface area contributed by atoms with Crippen LogP contribution in [0.1, 0.15) is 18.1 Å². The number of benzene rings is 1. The lowest BCUT2D eigenvalue weighted by atomic mass is 10.1. The molecule has 0 spiro atoms. The van der Waals surface area contributed by atoms with E-state index in [-0.39, 0.29) is 18.9 Å². The van der Waals surface area contributed by atoms with Gasteiger partial charge in [-0.2, -0.15) is 0 Å². The maximum Gasteiger partial charge on any atom is 0.305 e. The van der Waals surface area contributed by atoms with Crippen molar-refractivity contribution in [2.45, 2.75) is 12.5 Å². The summed E-state index contributed by atoms with van der Waals surface area (Å²) in [7, 11) is 1.44. The zero-order valence-electron chi connectivity index (χ0n) is 9.55. The van der Waals surface area contributed by atoms with Crippen LogP contribution in [-0.4, -0.2) is 30.6 Å². The first-order chi connectivity index (χ1) is 8.15. The van der Waals surface area contributed by atoms with E-state index < -0.39 is 12.1 Å². The molecule has 0 saturated carbocycles. The highest BCUT2D eigenvalue weighted by molar-refractivity contribution is 5.82. The molecule has 1 aromatic rings. The topological polar surface area (TPSA) is 75.6 Å². The van der Waals surface area contributed by atoms with Gasteiger partial charge < -0.3 is 15.2 Å². The van der Waals surface area contributed by atoms with Crippen LogP contribution in [0.5, 0.6) is 0 Å². The first-order valence-corrected chi connectivity index (χ1v) is 5.22. The van der Waals surface area contributed by atoms with E-state index in [4.69, 9.17) is 9.84 Å². The van der Waals surface area contributed by atoms with E-state index in [9.17, 15) is 9.59 Å². The number of carboxylic acids is 1. The number of aliphatic carboxylic acids is 1. The summed E-state index contributed by atoms with van der Waals surface area (Å²) in [6.45, 7) is 0.0981. The minimum absolute atomic E-state index is 0.0981. The number of nitrogens with one attached hydrogen (secondary N) is 1. The number of methoxy groups -OCH3 is 1. The Morgan fingerprint density at radius 3 is 2.53 bits per heavy atom. The number of hydrogen-bond donors (Lipinski definition) is 2. The van der Waals surface area contributed by atoms with E-state index >= 15 is 0 Å². The second-order valence-electron chi connectivity index (χ2n) is 3.46. The highest BCUT2D eigenvalue weighted by atomic mass is 16.5. The molecule has 1 amide bonds. The number of amides is 1. The van der Waals surface area contributed by atoms with Gasteiger partial charge in [-0.05, 0) is 5.56 Å². The summed E-state index contributed by atoms with van der Waals surface area (Å²) >= 11 is 0. The lowest BCUT2D eigenvalue weighted by molar-refractivity contribution is -0.137. The van der Waals surface area contributed by atoms with Gasteiger partial charge in [0.1, 0.15) is 0 Å². The SMILES string of the molecule is CO[C@@H](C(=O)NCCC(=O)O)c1ccccc1. The molecule has 0 aliphatic heterocycles. The summed E-state index contributed by atoms with van der Waals surface area (Å²) in [4.78, 5) is 22.0. The van der Waals surface area contributed by atoms with Gasteiger partial charge in [0, 0.05) is 13.7 Å². The summed E-state index contributed by atoms with van der Waals surface area (Å²) < 4.78 is 5.10. The first-order valence-electron chi connectivity index (χ1n) is 5.22. The second kappa shape index (κ2) is 6.65. The molecule has 2 N–H and O–H groups in total. The maximum atomic E-state index is 11.7. The molecular formula is C12H15NO4. The third-order valence-corrected chi connectivity index (χ3v) is 2.21. The van der Waals surface area contributed by atoms with E-state index in [1.807, 2.05) is 18.2 Å². The molecule has 0 unspecified atom stereocenters. The van der Waals surface area contributed by atoms with Crippen LogP contribution in [0.25, 0.3) is 0 Å². The fourth-order valence-corrected chi connectivity index (χ4v) is 1.41. The van der Waals surface area contributed by atoms with Crippen LogP contribution in [0, 0.1) is 0 Å². The number of carbonyl (C=O) groups is 2. The van der Waals surface area contributed by atoms with Crippen LogP contribution < -0.4 is 5.32 Å². The maximum absolute atomic E-state index is 11.7. The minimum atomic E-state index is -0.945. The normalized spacial score (nSPS) is 11.8. The summed E-state index contributed by atoms with van der Waals surface area (Å²) in [6, 6.07) is 9.03. The third kappa shape index (κ3) is 4.24. The fourth-order valence-electron chi connectivity index (χ4n) is 1.41. The Balaban J connectivity index is 2.56. The van der Waals surface area contributed by atoms with E-state index in [0.717, 1.165) is 5.56 Å². The smallest absolute Gasteiger partial charge is 0.305 e. The molecule has 0 fully saturated rings. The van der Waals surface area contributed by atoms with E-state index in [0.29, 0.717) is 0 Å². The molecule has 5 nitrogen and oxygen atoms in total. The molecule has 0 aliphatic carbocycles. The van der Waals surface area contributed by atoms with Gasteiger partial charge >= 0.3 is 5.97 Å². The number of carboxylic acid groups (broad SMARTS) is 1. The molecule has 5 heteroatoms. The van der Waals surface area contributed by atoms with E-state index in [2.05, 4.69) is 5.32 Å². The van der Waals surface area contributed by atoms with Gasteiger partial charge in [0.05, 0.1) is 6.42 Å². The molecule has 0 aromatic heterocycles. The van der Waals surface area contributed by atoms with Gasteiger partial charge in [-0.3, -0.25) is 9.59 Å². The first kappa shape index (κ1) is 13.2. The lowest BCUT2D eigenvalue weighted by Crippen LogP contribution is -2.32. The summed E-state index contributed by atoms with van der Waals surface area (Å²) in [5.74, 6) is -1.28. The molecule has 0 saturated heterocycles. The Bertz CT molecular complexity index is 377. The van der Waals surface area contributed by atoms with Crippen LogP contribution in [0.2, 0.25) is 0 Å². The Morgan fingerprint density at radius 2 is 2.00 bits per heavy atom. The van der Waals surface area contributed by atoms with Crippen molar-refractivity contribution in [2.75, 3.05) is 13.7 Å². The van der Waals surface area contributed by atoms with Crippen molar-refractivity contribution in [3.8, 4) is 0 Å². The van der Waals surface area contributed by atoms with Crippen molar-refractivity contribution in [3.05, 3.63) is 35.9 Å². The van der Waals surface area contributed by atoms with Crippen molar-refractivity contribution < 1.29 is 19.4 Å². The molecule has 1 rings (SSSR count). The Morgan fingerprint density at radius 1 is 1.35 bits per heavy atom. The van der Waals surface area contributed by atoms with Gasteiger partial charge in [0.2, 0.25) is 0 Å². The molecule has 0 bridgehead atoms. The van der Waals surface area contributed by atoms with E-state index in [1.165, 1.54) is 7.11 Å². The summed E-state index contributed by atoms with van der Waals surface area (Å²) in [5, 5.41) is 11.0.